The van der Waals surface area contributed by atoms with E-state index in [1.807, 2.05) is 0 Å². The number of hydrogen-bond acceptors (Lipinski definition) is 4. The van der Waals surface area contributed by atoms with Crippen molar-refractivity contribution < 1.29 is 13.3 Å². The molecular weight excluding hydrogens is 304 g/mol. The second-order valence-corrected chi connectivity index (χ2v) is 7.37. The Morgan fingerprint density at radius 2 is 2.10 bits per heavy atom. The van der Waals surface area contributed by atoms with Crippen LogP contribution < -0.4 is 0 Å². The Morgan fingerprint density at radius 1 is 1.45 bits per heavy atom. The first-order chi connectivity index (χ1) is 9.32. The molecule has 0 saturated heterocycles. The zero-order chi connectivity index (χ0) is 14.9. The van der Waals surface area contributed by atoms with Gasteiger partial charge < -0.3 is 0 Å². The number of nitrogens with zero attached hydrogens (tertiary/aromatic N) is 2. The molecule has 1 fully saturated rings. The molecule has 0 unspecified atom stereocenters. The van der Waals surface area contributed by atoms with E-state index in [4.69, 9.17) is 11.6 Å². The van der Waals surface area contributed by atoms with Crippen LogP contribution in [0, 0.1) is 16.0 Å². The first-order valence-electron chi connectivity index (χ1n) is 6.22. The van der Waals surface area contributed by atoms with Crippen LogP contribution in [-0.2, 0) is 10.0 Å². The molecule has 1 aliphatic rings. The molecule has 1 aliphatic carbocycles. The molecule has 0 spiro atoms. The topological polar surface area (TPSA) is 80.5 Å². The van der Waals surface area contributed by atoms with Gasteiger partial charge in [0.15, 0.2) is 0 Å². The van der Waals surface area contributed by atoms with Crippen molar-refractivity contribution in [2.45, 2.75) is 24.2 Å². The van der Waals surface area contributed by atoms with Crippen LogP contribution in [0.4, 0.5) is 5.69 Å². The average molecular weight is 319 g/mol. The molecule has 8 heteroatoms. The number of nitro groups is 1. The summed E-state index contributed by atoms with van der Waals surface area (Å²) in [5.41, 5.74) is -0.287. The smallest absolute Gasteiger partial charge is 0.258 e. The van der Waals surface area contributed by atoms with E-state index in [0.717, 1.165) is 25.3 Å². The van der Waals surface area contributed by atoms with Gasteiger partial charge in [0.25, 0.3) is 5.69 Å². The predicted molar refractivity (Wildman–Crippen MR) is 75.3 cm³/mol. The molecule has 2 rings (SSSR count). The highest BCUT2D eigenvalue weighted by Crippen LogP contribution is 2.31. The largest absolute Gasteiger partial charge is 0.270 e. The van der Waals surface area contributed by atoms with Gasteiger partial charge in [-0.1, -0.05) is 18.0 Å². The SMILES string of the molecule is CN(CC1CCC1)S(=O)(=O)c1cc([N+](=O)[O-])ccc1Cl. The maximum absolute atomic E-state index is 12.4. The summed E-state index contributed by atoms with van der Waals surface area (Å²) in [6, 6.07) is 3.44. The first kappa shape index (κ1) is 15.2. The molecule has 0 amide bonds. The van der Waals surface area contributed by atoms with Gasteiger partial charge in [0, 0.05) is 25.7 Å². The Morgan fingerprint density at radius 3 is 2.60 bits per heavy atom. The standard InChI is InChI=1S/C12H15ClN2O4S/c1-14(8-9-3-2-4-9)20(18,19)12-7-10(15(16)17)5-6-11(12)13/h5-7,9H,2-4,8H2,1H3. The third-order valence-electron chi connectivity index (χ3n) is 3.55. The Hall–Kier alpha value is -1.18. The molecule has 1 aromatic rings. The quantitative estimate of drug-likeness (QED) is 0.617. The van der Waals surface area contributed by atoms with Crippen molar-refractivity contribution in [1.29, 1.82) is 0 Å². The minimum atomic E-state index is -3.80. The second-order valence-electron chi connectivity index (χ2n) is 4.95. The van der Waals surface area contributed by atoms with Gasteiger partial charge in [0.05, 0.1) is 9.95 Å². The summed E-state index contributed by atoms with van der Waals surface area (Å²) in [6.45, 7) is 0.418. The number of non-ortho nitro benzene ring substituents is 1. The lowest BCUT2D eigenvalue weighted by molar-refractivity contribution is -0.385. The highest BCUT2D eigenvalue weighted by atomic mass is 35.5. The molecule has 0 aromatic heterocycles. The predicted octanol–water partition coefficient (Wildman–Crippen LogP) is 2.67. The Kier molecular flexibility index (Phi) is 4.31. The van der Waals surface area contributed by atoms with Crippen LogP contribution in [-0.4, -0.2) is 31.2 Å². The summed E-state index contributed by atoms with van der Waals surface area (Å²) in [4.78, 5) is 9.90. The maximum Gasteiger partial charge on any atom is 0.270 e. The monoisotopic (exact) mass is 318 g/mol. The number of benzene rings is 1. The third-order valence-corrected chi connectivity index (χ3v) is 5.86. The van der Waals surface area contributed by atoms with Crippen LogP contribution in [0.1, 0.15) is 19.3 Å². The molecule has 6 nitrogen and oxygen atoms in total. The minimum Gasteiger partial charge on any atom is -0.258 e. The molecule has 0 N–H and O–H groups in total. The van der Waals surface area contributed by atoms with E-state index in [1.54, 1.807) is 0 Å². The third kappa shape index (κ3) is 2.94. The minimum absolute atomic E-state index is 0.00365. The second kappa shape index (κ2) is 5.67. The normalized spacial score (nSPS) is 16.1. The van der Waals surface area contributed by atoms with Crippen LogP contribution in [0.2, 0.25) is 5.02 Å². The van der Waals surface area contributed by atoms with Gasteiger partial charge in [-0.05, 0) is 24.8 Å². The summed E-state index contributed by atoms with van der Waals surface area (Å²) in [6.07, 6.45) is 3.15. The summed E-state index contributed by atoms with van der Waals surface area (Å²) < 4.78 is 26.1. The summed E-state index contributed by atoms with van der Waals surface area (Å²) >= 11 is 5.89. The number of nitro benzene ring substituents is 1. The number of hydrogen-bond donors (Lipinski definition) is 0. The van der Waals surface area contributed by atoms with Crippen LogP contribution in [0.15, 0.2) is 23.1 Å². The fourth-order valence-corrected chi connectivity index (χ4v) is 3.85. The lowest BCUT2D eigenvalue weighted by Crippen LogP contribution is -2.34. The van der Waals surface area contributed by atoms with E-state index >= 15 is 0 Å². The van der Waals surface area contributed by atoms with Gasteiger partial charge >= 0.3 is 0 Å². The van der Waals surface area contributed by atoms with Crippen molar-refractivity contribution >= 4 is 27.3 Å². The summed E-state index contributed by atoms with van der Waals surface area (Å²) in [5.74, 6) is 0.368. The fourth-order valence-electron chi connectivity index (χ4n) is 2.11. The molecule has 20 heavy (non-hydrogen) atoms. The van der Waals surface area contributed by atoms with Gasteiger partial charge in [-0.2, -0.15) is 0 Å². The van der Waals surface area contributed by atoms with Crippen molar-refractivity contribution in [1.82, 2.24) is 4.31 Å². The molecule has 1 saturated carbocycles. The Bertz CT molecular complexity index is 628. The van der Waals surface area contributed by atoms with E-state index in [9.17, 15) is 18.5 Å². The fraction of sp³-hybridized carbons (Fsp3) is 0.500. The lowest BCUT2D eigenvalue weighted by Gasteiger charge is -2.29. The maximum atomic E-state index is 12.4. The average Bonchev–Trinajstić information content (AvgIpc) is 2.33. The molecular formula is C12H15ClN2O4S. The van der Waals surface area contributed by atoms with Gasteiger partial charge in [0.1, 0.15) is 4.90 Å². The van der Waals surface area contributed by atoms with Crippen molar-refractivity contribution in [2.24, 2.45) is 5.92 Å². The van der Waals surface area contributed by atoms with Gasteiger partial charge in [-0.25, -0.2) is 12.7 Å². The molecule has 0 heterocycles. The molecule has 0 aliphatic heterocycles. The van der Waals surface area contributed by atoms with Crippen molar-refractivity contribution in [3.05, 3.63) is 33.3 Å². The van der Waals surface area contributed by atoms with E-state index in [2.05, 4.69) is 0 Å². The van der Waals surface area contributed by atoms with E-state index < -0.39 is 14.9 Å². The van der Waals surface area contributed by atoms with Crippen LogP contribution in [0.3, 0.4) is 0 Å². The number of halogens is 1. The van der Waals surface area contributed by atoms with Crippen LogP contribution in [0.25, 0.3) is 0 Å². The summed E-state index contributed by atoms with van der Waals surface area (Å²) in [7, 11) is -2.32. The molecule has 0 radical (unpaired) electrons. The Labute approximate surface area is 122 Å². The Balaban J connectivity index is 2.32. The summed E-state index contributed by atoms with van der Waals surface area (Å²) in [5, 5.41) is 10.7. The van der Waals surface area contributed by atoms with E-state index in [0.29, 0.717) is 12.5 Å². The van der Waals surface area contributed by atoms with Crippen molar-refractivity contribution in [3.63, 3.8) is 0 Å². The number of sulfonamides is 1. The van der Waals surface area contributed by atoms with Gasteiger partial charge in [0.2, 0.25) is 10.0 Å². The van der Waals surface area contributed by atoms with Gasteiger partial charge in [-0.15, -0.1) is 0 Å². The van der Waals surface area contributed by atoms with E-state index in [-0.39, 0.29) is 15.6 Å². The van der Waals surface area contributed by atoms with Crippen molar-refractivity contribution in [3.8, 4) is 0 Å². The van der Waals surface area contributed by atoms with Crippen molar-refractivity contribution in [2.75, 3.05) is 13.6 Å². The van der Waals surface area contributed by atoms with Crippen LogP contribution >= 0.6 is 11.6 Å². The molecule has 0 atom stereocenters. The van der Waals surface area contributed by atoms with E-state index in [1.165, 1.54) is 23.5 Å². The molecule has 0 bridgehead atoms. The van der Waals surface area contributed by atoms with Gasteiger partial charge in [-0.3, -0.25) is 10.1 Å². The van der Waals surface area contributed by atoms with Crippen LogP contribution in [0.5, 0.6) is 0 Å². The lowest BCUT2D eigenvalue weighted by atomic mass is 9.86. The highest BCUT2D eigenvalue weighted by Gasteiger charge is 2.29. The zero-order valence-corrected chi connectivity index (χ0v) is 12.5. The highest BCUT2D eigenvalue weighted by molar-refractivity contribution is 7.89. The zero-order valence-electron chi connectivity index (χ0n) is 11.0. The number of rotatable bonds is 5. The first-order valence-corrected chi connectivity index (χ1v) is 8.04. The molecule has 110 valence electrons. The molecule has 1 aromatic carbocycles.